The molecule has 0 bridgehead atoms. The zero-order valence-corrected chi connectivity index (χ0v) is 27.2. The Balaban J connectivity index is 1.91. The van der Waals surface area contributed by atoms with Gasteiger partial charge in [-0.3, -0.25) is 4.79 Å². The topological polar surface area (TPSA) is 160 Å². The van der Waals surface area contributed by atoms with Gasteiger partial charge in [0, 0.05) is 12.1 Å². The lowest BCUT2D eigenvalue weighted by molar-refractivity contribution is -0.304. The predicted molar refractivity (Wildman–Crippen MR) is 169 cm³/mol. The summed E-state index contributed by atoms with van der Waals surface area (Å²) < 4.78 is 11.1. The molecule has 1 saturated heterocycles. The van der Waals surface area contributed by atoms with E-state index in [0.717, 1.165) is 25.7 Å². The second-order valence-corrected chi connectivity index (χ2v) is 12.6. The fraction of sp³-hybridized carbons (Fsp3) is 0.788. The van der Waals surface area contributed by atoms with Crippen LogP contribution in [0.4, 0.5) is 0 Å². The molecule has 254 valence electrons. The third kappa shape index (κ3) is 13.2. The number of amides is 1. The Morgan fingerprint density at radius 2 is 1.43 bits per heavy atom. The minimum absolute atomic E-state index is 0.0196. The lowest BCUT2D eigenvalue weighted by atomic mass is 9.97. The molecule has 8 atom stereocenters. The van der Waals surface area contributed by atoms with Gasteiger partial charge in [-0.15, -0.1) is 0 Å². The number of carbonyl (C=O) groups excluding carboxylic acids is 1. The highest BCUT2D eigenvalue weighted by Gasteiger charge is 2.45. The highest BCUT2D eigenvalue weighted by molar-refractivity contribution is 6.30. The Morgan fingerprint density at radius 1 is 0.886 bits per heavy atom. The number of aliphatic hydroxyl groups excluding tert-OH is 6. The molecule has 0 radical (unpaired) electrons. The number of aliphatic hydroxyl groups is 6. The first-order valence-electron chi connectivity index (χ1n) is 16.4. The Labute approximate surface area is 267 Å². The summed E-state index contributed by atoms with van der Waals surface area (Å²) in [5.41, 5.74) is 0.714. The van der Waals surface area contributed by atoms with Crippen LogP contribution in [0, 0.1) is 0 Å². The molecule has 11 heteroatoms. The summed E-state index contributed by atoms with van der Waals surface area (Å²) in [5.74, 6) is -0.341. The van der Waals surface area contributed by atoms with Gasteiger partial charge in [-0.1, -0.05) is 108 Å². The zero-order valence-electron chi connectivity index (χ0n) is 26.5. The van der Waals surface area contributed by atoms with E-state index in [9.17, 15) is 35.4 Å². The van der Waals surface area contributed by atoms with E-state index >= 15 is 0 Å². The van der Waals surface area contributed by atoms with Crippen LogP contribution in [0.5, 0.6) is 0 Å². The average Bonchev–Trinajstić information content (AvgIpc) is 3.02. The molecule has 8 unspecified atom stereocenters. The SMILES string of the molecule is CCCCCCCCCCCCCCC(O)C(O)C(COC1OC(CO)C(O)C(O)C1O)N(C)C(=O)Cc1ccc(Cl)cc1. The van der Waals surface area contributed by atoms with Crippen molar-refractivity contribution in [3.63, 3.8) is 0 Å². The number of rotatable bonds is 22. The number of benzene rings is 1. The Bertz CT molecular complexity index is 906. The van der Waals surface area contributed by atoms with E-state index in [1.165, 1.54) is 63.3 Å². The first-order chi connectivity index (χ1) is 21.1. The van der Waals surface area contributed by atoms with E-state index in [4.69, 9.17) is 21.1 Å². The summed E-state index contributed by atoms with van der Waals surface area (Å²) in [5, 5.41) is 62.7. The van der Waals surface area contributed by atoms with Crippen molar-refractivity contribution < 1.29 is 44.9 Å². The summed E-state index contributed by atoms with van der Waals surface area (Å²) in [6.45, 7) is 1.26. The Morgan fingerprint density at radius 3 is 1.98 bits per heavy atom. The third-order valence-corrected chi connectivity index (χ3v) is 8.83. The molecule has 1 aromatic carbocycles. The first-order valence-corrected chi connectivity index (χ1v) is 16.8. The fourth-order valence-electron chi connectivity index (χ4n) is 5.55. The lowest BCUT2D eigenvalue weighted by Gasteiger charge is -2.41. The standard InChI is InChI=1S/C33H56ClNO9/c1-3-4-5-6-7-8-9-10-11-12-13-14-15-26(37)29(39)25(35(2)28(38)20-23-16-18-24(34)19-17-23)22-43-33-32(42)31(41)30(40)27(21-36)44-33/h16-19,25-27,29-33,36-37,39-42H,3-15,20-22H2,1-2H3. The first kappa shape index (κ1) is 38.8. The number of unbranched alkanes of at least 4 members (excludes halogenated alkanes) is 11. The van der Waals surface area contributed by atoms with E-state index in [1.54, 1.807) is 24.3 Å². The van der Waals surface area contributed by atoms with Crippen LogP contribution in [0.2, 0.25) is 5.02 Å². The third-order valence-electron chi connectivity index (χ3n) is 8.58. The monoisotopic (exact) mass is 645 g/mol. The van der Waals surface area contributed by atoms with Gasteiger partial charge in [0.1, 0.15) is 30.5 Å². The second-order valence-electron chi connectivity index (χ2n) is 12.1. The smallest absolute Gasteiger partial charge is 0.227 e. The largest absolute Gasteiger partial charge is 0.394 e. The molecule has 1 aliphatic heterocycles. The fourth-order valence-corrected chi connectivity index (χ4v) is 5.67. The lowest BCUT2D eigenvalue weighted by Crippen LogP contribution is -2.60. The molecule has 0 saturated carbocycles. The molecule has 0 spiro atoms. The van der Waals surface area contributed by atoms with Gasteiger partial charge in [-0.2, -0.15) is 0 Å². The molecular weight excluding hydrogens is 590 g/mol. The van der Waals surface area contributed by atoms with Crippen molar-refractivity contribution >= 4 is 17.5 Å². The molecule has 2 rings (SSSR count). The van der Waals surface area contributed by atoms with Crippen molar-refractivity contribution in [3.05, 3.63) is 34.9 Å². The van der Waals surface area contributed by atoms with Gasteiger partial charge in [0.2, 0.25) is 5.91 Å². The quantitative estimate of drug-likeness (QED) is 0.104. The number of halogens is 1. The van der Waals surface area contributed by atoms with Crippen molar-refractivity contribution in [2.45, 2.75) is 146 Å². The van der Waals surface area contributed by atoms with Crippen molar-refractivity contribution in [3.8, 4) is 0 Å². The average molecular weight is 646 g/mol. The van der Waals surface area contributed by atoms with Crippen LogP contribution >= 0.6 is 11.6 Å². The summed E-state index contributed by atoms with van der Waals surface area (Å²) in [6, 6.07) is 5.79. The van der Waals surface area contributed by atoms with Crippen LogP contribution in [0.15, 0.2) is 24.3 Å². The number of hydrogen-bond acceptors (Lipinski definition) is 9. The molecular formula is C33H56ClNO9. The normalized spacial score (nSPS) is 24.2. The summed E-state index contributed by atoms with van der Waals surface area (Å²) in [7, 11) is 1.50. The maximum Gasteiger partial charge on any atom is 0.227 e. The predicted octanol–water partition coefficient (Wildman–Crippen LogP) is 3.34. The summed E-state index contributed by atoms with van der Waals surface area (Å²) >= 11 is 5.96. The van der Waals surface area contributed by atoms with Crippen molar-refractivity contribution in [1.29, 1.82) is 0 Å². The highest BCUT2D eigenvalue weighted by atomic mass is 35.5. The molecule has 1 amide bonds. The molecule has 10 nitrogen and oxygen atoms in total. The van der Waals surface area contributed by atoms with Crippen molar-refractivity contribution in [1.82, 2.24) is 4.90 Å². The van der Waals surface area contributed by atoms with Gasteiger partial charge in [0.25, 0.3) is 0 Å². The minimum atomic E-state index is -1.63. The summed E-state index contributed by atoms with van der Waals surface area (Å²) in [4.78, 5) is 14.5. The van der Waals surface area contributed by atoms with Crippen LogP contribution in [0.3, 0.4) is 0 Å². The molecule has 0 aromatic heterocycles. The number of nitrogens with zero attached hydrogens (tertiary/aromatic N) is 1. The van der Waals surface area contributed by atoms with E-state index in [1.807, 2.05) is 0 Å². The van der Waals surface area contributed by atoms with Gasteiger partial charge in [-0.05, 0) is 24.1 Å². The van der Waals surface area contributed by atoms with Crippen molar-refractivity contribution in [2.24, 2.45) is 0 Å². The van der Waals surface area contributed by atoms with E-state index < -0.39 is 55.6 Å². The van der Waals surface area contributed by atoms with E-state index in [-0.39, 0.29) is 18.9 Å². The van der Waals surface area contributed by atoms with Crippen LogP contribution < -0.4 is 0 Å². The Hall–Kier alpha value is -1.34. The second kappa shape index (κ2) is 21.5. The number of carbonyl (C=O) groups is 1. The van der Waals surface area contributed by atoms with Gasteiger partial charge >= 0.3 is 0 Å². The number of likely N-dealkylation sites (N-methyl/N-ethyl adjacent to an activating group) is 1. The number of ether oxygens (including phenoxy) is 2. The minimum Gasteiger partial charge on any atom is -0.394 e. The maximum absolute atomic E-state index is 13.2. The molecule has 1 fully saturated rings. The highest BCUT2D eigenvalue weighted by Crippen LogP contribution is 2.24. The van der Waals surface area contributed by atoms with Gasteiger partial charge in [0.05, 0.1) is 31.8 Å². The van der Waals surface area contributed by atoms with Gasteiger partial charge < -0.3 is 45.0 Å². The molecule has 44 heavy (non-hydrogen) atoms. The van der Waals surface area contributed by atoms with E-state index in [2.05, 4.69) is 6.92 Å². The van der Waals surface area contributed by atoms with E-state index in [0.29, 0.717) is 17.0 Å². The van der Waals surface area contributed by atoms with Crippen molar-refractivity contribution in [2.75, 3.05) is 20.3 Å². The van der Waals surface area contributed by atoms with Crippen LogP contribution in [-0.4, -0.2) is 111 Å². The van der Waals surface area contributed by atoms with Crippen LogP contribution in [-0.2, 0) is 20.7 Å². The molecule has 1 aromatic rings. The number of hydrogen-bond donors (Lipinski definition) is 6. The molecule has 1 aliphatic rings. The maximum atomic E-state index is 13.2. The molecule has 1 heterocycles. The van der Waals surface area contributed by atoms with Gasteiger partial charge in [-0.25, -0.2) is 0 Å². The summed E-state index contributed by atoms with van der Waals surface area (Å²) in [6.07, 6.45) is 4.59. The Kier molecular flexibility index (Phi) is 18.9. The van der Waals surface area contributed by atoms with Crippen LogP contribution in [0.1, 0.15) is 96.0 Å². The zero-order chi connectivity index (χ0) is 32.5. The molecule has 6 N–H and O–H groups in total. The van der Waals surface area contributed by atoms with Crippen LogP contribution in [0.25, 0.3) is 0 Å². The van der Waals surface area contributed by atoms with Gasteiger partial charge in [0.15, 0.2) is 6.29 Å². The molecule has 0 aliphatic carbocycles.